The first-order chi connectivity index (χ1) is 12.3. The van der Waals surface area contributed by atoms with Gasteiger partial charge in [0.25, 0.3) is 0 Å². The Hall–Kier alpha value is -2.89. The Labute approximate surface area is 152 Å². The van der Waals surface area contributed by atoms with Crippen LogP contribution < -0.4 is 14.8 Å². The molecule has 136 valence electrons. The molecule has 0 aliphatic heterocycles. The van der Waals surface area contributed by atoms with Gasteiger partial charge < -0.3 is 10.1 Å². The third kappa shape index (κ3) is 4.39. The Morgan fingerprint density at radius 3 is 2.54 bits per heavy atom. The smallest absolute Gasteiger partial charge is 0.241 e. The summed E-state index contributed by atoms with van der Waals surface area (Å²) in [6.07, 6.45) is 0. The first-order valence-corrected chi connectivity index (χ1v) is 9.20. The molecule has 0 radical (unpaired) electrons. The molecular weight excluding hydrogens is 354 g/mol. The fraction of sp³-hybridized carbons (Fsp3) is 0.222. The van der Waals surface area contributed by atoms with Crippen molar-refractivity contribution in [3.05, 3.63) is 53.1 Å². The monoisotopic (exact) mass is 373 g/mol. The number of nitriles is 1. The van der Waals surface area contributed by atoms with Gasteiger partial charge in [-0.05, 0) is 49.2 Å². The second-order valence-corrected chi connectivity index (χ2v) is 7.35. The molecule has 0 aromatic heterocycles. The number of hydrogen-bond acceptors (Lipinski definition) is 5. The summed E-state index contributed by atoms with van der Waals surface area (Å²) in [6, 6.07) is 11.6. The van der Waals surface area contributed by atoms with E-state index in [1.165, 1.54) is 13.2 Å². The Balaban J connectivity index is 2.12. The van der Waals surface area contributed by atoms with Gasteiger partial charge >= 0.3 is 0 Å². The predicted octanol–water partition coefficient (Wildman–Crippen LogP) is 2.10. The highest BCUT2D eigenvalue weighted by Crippen LogP contribution is 2.25. The molecule has 0 atom stereocenters. The van der Waals surface area contributed by atoms with Crippen molar-refractivity contribution in [3.63, 3.8) is 0 Å². The summed E-state index contributed by atoms with van der Waals surface area (Å²) in [5.74, 6) is 0.0199. The zero-order valence-electron chi connectivity index (χ0n) is 14.7. The van der Waals surface area contributed by atoms with Crippen molar-refractivity contribution < 1.29 is 17.9 Å². The van der Waals surface area contributed by atoms with E-state index in [0.29, 0.717) is 28.1 Å². The van der Waals surface area contributed by atoms with E-state index in [1.807, 2.05) is 6.07 Å². The van der Waals surface area contributed by atoms with Crippen LogP contribution in [0.4, 0.5) is 5.69 Å². The maximum Gasteiger partial charge on any atom is 0.241 e. The highest BCUT2D eigenvalue weighted by Gasteiger charge is 2.20. The SMILES string of the molecule is COc1cc(C)c(S(=O)(=O)NCC(=O)Nc2ccccc2C#N)cc1C. The van der Waals surface area contributed by atoms with E-state index in [-0.39, 0.29) is 4.90 Å². The number of para-hydroxylation sites is 1. The van der Waals surface area contributed by atoms with E-state index in [0.717, 1.165) is 0 Å². The molecule has 2 aromatic carbocycles. The van der Waals surface area contributed by atoms with Crippen molar-refractivity contribution in [2.45, 2.75) is 18.7 Å². The Kier molecular flexibility index (Phi) is 5.97. The number of aryl methyl sites for hydroxylation is 2. The summed E-state index contributed by atoms with van der Waals surface area (Å²) in [4.78, 5) is 12.1. The highest BCUT2D eigenvalue weighted by atomic mass is 32.2. The van der Waals surface area contributed by atoms with Crippen molar-refractivity contribution in [3.8, 4) is 11.8 Å². The van der Waals surface area contributed by atoms with Crippen LogP contribution in [0.1, 0.15) is 16.7 Å². The zero-order valence-corrected chi connectivity index (χ0v) is 15.5. The number of nitrogens with zero attached hydrogens (tertiary/aromatic N) is 1. The van der Waals surface area contributed by atoms with Crippen molar-refractivity contribution >= 4 is 21.6 Å². The molecular formula is C18H19N3O4S. The fourth-order valence-corrected chi connectivity index (χ4v) is 3.69. The van der Waals surface area contributed by atoms with Crippen LogP contribution in [0.25, 0.3) is 0 Å². The van der Waals surface area contributed by atoms with Gasteiger partial charge in [-0.2, -0.15) is 5.26 Å². The van der Waals surface area contributed by atoms with Gasteiger partial charge in [0.05, 0.1) is 29.8 Å². The minimum absolute atomic E-state index is 0.0843. The summed E-state index contributed by atoms with van der Waals surface area (Å²) in [5, 5.41) is 11.5. The lowest BCUT2D eigenvalue weighted by molar-refractivity contribution is -0.115. The molecule has 26 heavy (non-hydrogen) atoms. The molecule has 0 unspecified atom stereocenters. The summed E-state index contributed by atoms with van der Waals surface area (Å²) in [6.45, 7) is 2.94. The minimum atomic E-state index is -3.87. The van der Waals surface area contributed by atoms with Gasteiger partial charge in [-0.25, -0.2) is 13.1 Å². The van der Waals surface area contributed by atoms with Gasteiger partial charge in [-0.1, -0.05) is 12.1 Å². The fourth-order valence-electron chi connectivity index (χ4n) is 2.39. The number of amides is 1. The van der Waals surface area contributed by atoms with E-state index >= 15 is 0 Å². The Morgan fingerprint density at radius 1 is 1.19 bits per heavy atom. The lowest BCUT2D eigenvalue weighted by atomic mass is 10.1. The Morgan fingerprint density at radius 2 is 1.88 bits per heavy atom. The van der Waals surface area contributed by atoms with Crippen LogP contribution in [0, 0.1) is 25.2 Å². The minimum Gasteiger partial charge on any atom is -0.496 e. The van der Waals surface area contributed by atoms with Crippen LogP contribution >= 0.6 is 0 Å². The highest BCUT2D eigenvalue weighted by molar-refractivity contribution is 7.89. The number of carbonyl (C=O) groups is 1. The van der Waals surface area contributed by atoms with Crippen LogP contribution in [0.5, 0.6) is 5.75 Å². The zero-order chi connectivity index (χ0) is 19.3. The van der Waals surface area contributed by atoms with Crippen LogP contribution in [0.2, 0.25) is 0 Å². The van der Waals surface area contributed by atoms with E-state index < -0.39 is 22.5 Å². The standard InChI is InChI=1S/C18H19N3O4S/c1-12-9-17(13(2)8-16(12)25-3)26(23,24)20-11-18(22)21-15-7-5-4-6-14(15)10-19/h4-9,20H,11H2,1-3H3,(H,21,22). The molecule has 0 aliphatic carbocycles. The average Bonchev–Trinajstić information content (AvgIpc) is 2.62. The summed E-state index contributed by atoms with van der Waals surface area (Å²) >= 11 is 0. The van der Waals surface area contributed by atoms with Crippen molar-refractivity contribution in [1.29, 1.82) is 5.26 Å². The van der Waals surface area contributed by atoms with Gasteiger partial charge in [0.1, 0.15) is 11.8 Å². The van der Waals surface area contributed by atoms with Gasteiger partial charge in [-0.3, -0.25) is 4.79 Å². The van der Waals surface area contributed by atoms with E-state index in [4.69, 9.17) is 10.00 Å². The summed E-state index contributed by atoms with van der Waals surface area (Å²) in [7, 11) is -2.36. The molecule has 8 heteroatoms. The molecule has 1 amide bonds. The normalized spacial score (nSPS) is 10.8. The maximum atomic E-state index is 12.5. The van der Waals surface area contributed by atoms with Gasteiger partial charge in [0.15, 0.2) is 0 Å². The molecule has 0 saturated carbocycles. The van der Waals surface area contributed by atoms with Crippen molar-refractivity contribution in [2.75, 3.05) is 19.0 Å². The molecule has 0 saturated heterocycles. The number of ether oxygens (including phenoxy) is 1. The third-order valence-electron chi connectivity index (χ3n) is 3.73. The topological polar surface area (TPSA) is 108 Å². The second kappa shape index (κ2) is 7.99. The van der Waals surface area contributed by atoms with Crippen LogP contribution in [-0.2, 0) is 14.8 Å². The van der Waals surface area contributed by atoms with Crippen LogP contribution in [0.15, 0.2) is 41.3 Å². The first-order valence-electron chi connectivity index (χ1n) is 7.72. The third-order valence-corrected chi connectivity index (χ3v) is 5.27. The molecule has 2 aromatic rings. The number of anilines is 1. The first kappa shape index (κ1) is 19.4. The van der Waals surface area contributed by atoms with Gasteiger partial charge in [0.2, 0.25) is 15.9 Å². The molecule has 0 fully saturated rings. The molecule has 7 nitrogen and oxygen atoms in total. The predicted molar refractivity (Wildman–Crippen MR) is 97.4 cm³/mol. The second-order valence-electron chi connectivity index (χ2n) is 5.62. The summed E-state index contributed by atoms with van der Waals surface area (Å²) in [5.41, 5.74) is 1.81. The molecule has 0 bridgehead atoms. The molecule has 0 aliphatic rings. The number of benzene rings is 2. The molecule has 2 rings (SSSR count). The number of rotatable bonds is 6. The number of nitrogens with one attached hydrogen (secondary N) is 2. The molecule has 0 heterocycles. The number of hydrogen-bond donors (Lipinski definition) is 2. The lowest BCUT2D eigenvalue weighted by Gasteiger charge is -2.13. The van der Waals surface area contributed by atoms with Crippen molar-refractivity contribution in [2.24, 2.45) is 0 Å². The molecule has 2 N–H and O–H groups in total. The summed E-state index contributed by atoms with van der Waals surface area (Å²) < 4.78 is 32.5. The Bertz CT molecular complexity index is 978. The number of sulfonamides is 1. The number of methoxy groups -OCH3 is 1. The van der Waals surface area contributed by atoms with Crippen LogP contribution in [-0.4, -0.2) is 28.0 Å². The van der Waals surface area contributed by atoms with E-state index in [9.17, 15) is 13.2 Å². The van der Waals surface area contributed by atoms with E-state index in [2.05, 4.69) is 10.0 Å². The molecule has 0 spiro atoms. The average molecular weight is 373 g/mol. The largest absolute Gasteiger partial charge is 0.496 e. The maximum absolute atomic E-state index is 12.5. The van der Waals surface area contributed by atoms with Crippen molar-refractivity contribution in [1.82, 2.24) is 4.72 Å². The number of carbonyl (C=O) groups excluding carboxylic acids is 1. The van der Waals surface area contributed by atoms with Gasteiger partial charge in [0, 0.05) is 0 Å². The van der Waals surface area contributed by atoms with E-state index in [1.54, 1.807) is 44.2 Å². The van der Waals surface area contributed by atoms with Crippen LogP contribution in [0.3, 0.4) is 0 Å². The lowest BCUT2D eigenvalue weighted by Crippen LogP contribution is -2.33. The van der Waals surface area contributed by atoms with Gasteiger partial charge in [-0.15, -0.1) is 0 Å². The quantitative estimate of drug-likeness (QED) is 0.806.